The molecule has 0 aliphatic heterocycles. The quantitative estimate of drug-likeness (QED) is 0.404. The molecular formula is C8H9ClN2O. The molecule has 0 saturated heterocycles. The summed E-state index contributed by atoms with van der Waals surface area (Å²) in [5.41, 5.74) is 0.578. The lowest BCUT2D eigenvalue weighted by molar-refractivity contribution is 0.111. The van der Waals surface area contributed by atoms with E-state index in [0.717, 1.165) is 6.29 Å². The van der Waals surface area contributed by atoms with Crippen LogP contribution in [0.25, 0.3) is 0 Å². The molecule has 0 amide bonds. The van der Waals surface area contributed by atoms with Crippen molar-refractivity contribution in [2.24, 2.45) is 0 Å². The summed E-state index contributed by atoms with van der Waals surface area (Å²) in [6.07, 6.45) is 6.06. The molecule has 64 valence electrons. The summed E-state index contributed by atoms with van der Waals surface area (Å²) in [6.45, 7) is 0.591. The van der Waals surface area contributed by atoms with Crippen molar-refractivity contribution in [1.29, 1.82) is 0 Å². The maximum absolute atomic E-state index is 10.4. The molecular weight excluding hydrogens is 176 g/mol. The maximum Gasteiger partial charge on any atom is 0.168 e. The molecule has 0 bridgehead atoms. The number of allylic oxidation sites excluding steroid dienone is 2. The van der Waals surface area contributed by atoms with E-state index in [9.17, 15) is 4.79 Å². The number of hydrogen-bond donors (Lipinski definition) is 0. The highest BCUT2D eigenvalue weighted by atomic mass is 35.5. The van der Waals surface area contributed by atoms with E-state index in [0.29, 0.717) is 18.1 Å². The van der Waals surface area contributed by atoms with Crippen LogP contribution in [0.2, 0.25) is 0 Å². The minimum Gasteiger partial charge on any atom is -0.296 e. The van der Waals surface area contributed by atoms with E-state index < -0.39 is 0 Å². The van der Waals surface area contributed by atoms with Gasteiger partial charge in [0.05, 0.1) is 6.54 Å². The summed E-state index contributed by atoms with van der Waals surface area (Å²) < 4.78 is 1.61. The zero-order valence-corrected chi connectivity index (χ0v) is 7.24. The Hall–Kier alpha value is -1.09. The van der Waals surface area contributed by atoms with Gasteiger partial charge < -0.3 is 0 Å². The van der Waals surface area contributed by atoms with Crippen molar-refractivity contribution >= 4 is 17.9 Å². The Morgan fingerprint density at radius 2 is 2.42 bits per heavy atom. The molecule has 3 nitrogen and oxygen atoms in total. The molecule has 0 aromatic carbocycles. The van der Waals surface area contributed by atoms with Gasteiger partial charge in [0.15, 0.2) is 6.29 Å². The fourth-order valence-corrected chi connectivity index (χ4v) is 0.959. The second-order valence-electron chi connectivity index (χ2n) is 2.18. The van der Waals surface area contributed by atoms with Crippen LogP contribution in [0.4, 0.5) is 0 Å². The summed E-state index contributed by atoms with van der Waals surface area (Å²) in [5.74, 6) is 0.484. The average molecular weight is 185 g/mol. The predicted molar refractivity (Wildman–Crippen MR) is 47.5 cm³/mol. The predicted octanol–water partition coefficient (Wildman–Crippen LogP) is 1.49. The van der Waals surface area contributed by atoms with Gasteiger partial charge in [-0.15, -0.1) is 11.6 Å². The van der Waals surface area contributed by atoms with Gasteiger partial charge in [0.1, 0.15) is 5.69 Å². The fourth-order valence-electron chi connectivity index (χ4n) is 0.833. The molecule has 0 aliphatic carbocycles. The first-order valence-electron chi connectivity index (χ1n) is 3.56. The lowest BCUT2D eigenvalue weighted by Gasteiger charge is -1.96. The third-order valence-electron chi connectivity index (χ3n) is 1.40. The normalized spacial score (nSPS) is 10.8. The van der Waals surface area contributed by atoms with Crippen LogP contribution in [0, 0.1) is 0 Å². The van der Waals surface area contributed by atoms with Gasteiger partial charge in [0, 0.05) is 12.1 Å². The zero-order chi connectivity index (χ0) is 8.81. The number of aromatic nitrogens is 2. The number of alkyl halides is 1. The number of nitrogens with zero attached hydrogens (tertiary/aromatic N) is 2. The highest BCUT2D eigenvalue weighted by Gasteiger charge is 1.96. The van der Waals surface area contributed by atoms with Gasteiger partial charge in [-0.2, -0.15) is 5.10 Å². The van der Waals surface area contributed by atoms with Crippen LogP contribution >= 0.6 is 11.6 Å². The number of aldehydes is 1. The van der Waals surface area contributed by atoms with Crippen LogP contribution in [0.15, 0.2) is 24.4 Å². The van der Waals surface area contributed by atoms with E-state index in [1.165, 1.54) is 0 Å². The van der Waals surface area contributed by atoms with E-state index in [2.05, 4.69) is 5.10 Å². The number of halogens is 1. The van der Waals surface area contributed by atoms with Crippen molar-refractivity contribution in [2.45, 2.75) is 6.54 Å². The number of carbonyl (C=O) groups excluding carboxylic acids is 1. The van der Waals surface area contributed by atoms with Gasteiger partial charge in [-0.05, 0) is 6.07 Å². The van der Waals surface area contributed by atoms with Crippen molar-refractivity contribution in [2.75, 3.05) is 5.88 Å². The highest BCUT2D eigenvalue weighted by molar-refractivity contribution is 6.18. The molecule has 1 heterocycles. The summed E-state index contributed by atoms with van der Waals surface area (Å²) >= 11 is 5.43. The van der Waals surface area contributed by atoms with Crippen LogP contribution < -0.4 is 0 Å². The first-order valence-corrected chi connectivity index (χ1v) is 4.10. The van der Waals surface area contributed by atoms with Gasteiger partial charge in [0.2, 0.25) is 0 Å². The van der Waals surface area contributed by atoms with E-state index >= 15 is 0 Å². The van der Waals surface area contributed by atoms with E-state index in [-0.39, 0.29) is 0 Å². The van der Waals surface area contributed by atoms with Crippen LogP contribution in [0.1, 0.15) is 10.5 Å². The summed E-state index contributed by atoms with van der Waals surface area (Å²) in [7, 11) is 0. The standard InChI is InChI=1S/C8H9ClN2O/c9-4-1-2-6-11-8(7-12)3-5-10-11/h1-3,5,7H,4,6H2. The van der Waals surface area contributed by atoms with Gasteiger partial charge in [-0.25, -0.2) is 0 Å². The highest BCUT2D eigenvalue weighted by Crippen LogP contribution is 1.94. The lowest BCUT2D eigenvalue weighted by atomic mass is 10.4. The molecule has 0 atom stereocenters. The Kier molecular flexibility index (Phi) is 3.54. The maximum atomic E-state index is 10.4. The van der Waals surface area contributed by atoms with Crippen LogP contribution in [-0.4, -0.2) is 21.9 Å². The molecule has 0 unspecified atom stereocenters. The van der Waals surface area contributed by atoms with E-state index in [1.54, 1.807) is 16.9 Å². The first kappa shape index (κ1) is 9.00. The third-order valence-corrected chi connectivity index (χ3v) is 1.58. The van der Waals surface area contributed by atoms with Gasteiger partial charge in [-0.3, -0.25) is 9.48 Å². The second kappa shape index (κ2) is 4.72. The first-order chi connectivity index (χ1) is 5.88. The topological polar surface area (TPSA) is 34.9 Å². The lowest BCUT2D eigenvalue weighted by Crippen LogP contribution is -2.01. The largest absolute Gasteiger partial charge is 0.296 e. The monoisotopic (exact) mass is 184 g/mol. The Morgan fingerprint density at radius 3 is 3.08 bits per heavy atom. The smallest absolute Gasteiger partial charge is 0.168 e. The molecule has 0 fully saturated rings. The van der Waals surface area contributed by atoms with E-state index in [1.807, 2.05) is 12.2 Å². The molecule has 1 aromatic heterocycles. The molecule has 0 aliphatic rings. The van der Waals surface area contributed by atoms with Crippen molar-refractivity contribution in [1.82, 2.24) is 9.78 Å². The minimum atomic E-state index is 0.484. The van der Waals surface area contributed by atoms with E-state index in [4.69, 9.17) is 11.6 Å². The zero-order valence-electron chi connectivity index (χ0n) is 6.48. The molecule has 1 rings (SSSR count). The Bertz CT molecular complexity index is 280. The number of carbonyl (C=O) groups is 1. The van der Waals surface area contributed by atoms with Crippen LogP contribution in [0.3, 0.4) is 0 Å². The summed E-state index contributed by atoms with van der Waals surface area (Å²) in [4.78, 5) is 10.4. The second-order valence-corrected chi connectivity index (χ2v) is 2.49. The van der Waals surface area contributed by atoms with Crippen molar-refractivity contribution in [3.8, 4) is 0 Å². The number of rotatable bonds is 4. The summed E-state index contributed by atoms with van der Waals surface area (Å²) in [6, 6.07) is 1.67. The Labute approximate surface area is 75.6 Å². The molecule has 1 aromatic rings. The van der Waals surface area contributed by atoms with Crippen LogP contribution in [-0.2, 0) is 6.54 Å². The van der Waals surface area contributed by atoms with Gasteiger partial charge >= 0.3 is 0 Å². The number of hydrogen-bond acceptors (Lipinski definition) is 2. The Morgan fingerprint density at radius 1 is 1.58 bits per heavy atom. The molecule has 0 radical (unpaired) electrons. The van der Waals surface area contributed by atoms with Crippen molar-refractivity contribution in [3.63, 3.8) is 0 Å². The Balaban J connectivity index is 2.62. The molecule has 0 saturated carbocycles. The minimum absolute atomic E-state index is 0.484. The van der Waals surface area contributed by atoms with Crippen molar-refractivity contribution < 1.29 is 4.79 Å². The van der Waals surface area contributed by atoms with Crippen LogP contribution in [0.5, 0.6) is 0 Å². The summed E-state index contributed by atoms with van der Waals surface area (Å²) in [5, 5.41) is 3.95. The third kappa shape index (κ3) is 2.20. The molecule has 12 heavy (non-hydrogen) atoms. The van der Waals surface area contributed by atoms with Gasteiger partial charge in [-0.1, -0.05) is 12.2 Å². The molecule has 0 spiro atoms. The SMILES string of the molecule is O=Cc1ccnn1CC=CCCl. The van der Waals surface area contributed by atoms with Gasteiger partial charge in [0.25, 0.3) is 0 Å². The molecule has 4 heteroatoms. The average Bonchev–Trinajstić information content (AvgIpc) is 2.52. The molecule has 0 N–H and O–H groups in total. The fraction of sp³-hybridized carbons (Fsp3) is 0.250. The van der Waals surface area contributed by atoms with Crippen molar-refractivity contribution in [3.05, 3.63) is 30.1 Å².